The SMILES string of the molecule is CNC(CCCC(C)C)C1CCC(C(C)C)CC1. The summed E-state index contributed by atoms with van der Waals surface area (Å²) in [4.78, 5) is 0. The van der Waals surface area contributed by atoms with Crippen LogP contribution in [0.2, 0.25) is 0 Å². The second-order valence-electron chi connectivity index (χ2n) is 7.14. The Balaban J connectivity index is 2.29. The zero-order valence-corrected chi connectivity index (χ0v) is 13.3. The van der Waals surface area contributed by atoms with E-state index in [1.54, 1.807) is 0 Å². The van der Waals surface area contributed by atoms with Crippen LogP contribution in [0.15, 0.2) is 0 Å². The first-order chi connectivity index (χ1) is 8.54. The molecule has 0 aromatic heterocycles. The third-order valence-corrected chi connectivity index (χ3v) is 5.00. The summed E-state index contributed by atoms with van der Waals surface area (Å²) in [5, 5.41) is 3.59. The van der Waals surface area contributed by atoms with Gasteiger partial charge in [-0.2, -0.15) is 0 Å². The summed E-state index contributed by atoms with van der Waals surface area (Å²) in [6.45, 7) is 9.46. The Morgan fingerprint density at radius 2 is 1.44 bits per heavy atom. The summed E-state index contributed by atoms with van der Waals surface area (Å²) >= 11 is 0. The largest absolute Gasteiger partial charge is 0.317 e. The quantitative estimate of drug-likeness (QED) is 0.683. The van der Waals surface area contributed by atoms with Crippen molar-refractivity contribution >= 4 is 0 Å². The molecule has 1 atom stereocenters. The molecule has 1 fully saturated rings. The van der Waals surface area contributed by atoms with Crippen LogP contribution in [0.5, 0.6) is 0 Å². The van der Waals surface area contributed by atoms with Crippen LogP contribution >= 0.6 is 0 Å². The van der Waals surface area contributed by atoms with Gasteiger partial charge in [-0.05, 0) is 62.8 Å². The van der Waals surface area contributed by atoms with Crippen molar-refractivity contribution in [2.75, 3.05) is 7.05 Å². The minimum atomic E-state index is 0.775. The number of hydrogen-bond donors (Lipinski definition) is 1. The van der Waals surface area contributed by atoms with Crippen LogP contribution in [-0.2, 0) is 0 Å². The maximum Gasteiger partial charge on any atom is 0.00923 e. The van der Waals surface area contributed by atoms with Gasteiger partial charge in [0.05, 0.1) is 0 Å². The molecule has 0 aromatic rings. The van der Waals surface area contributed by atoms with Crippen molar-refractivity contribution in [3.63, 3.8) is 0 Å². The molecule has 1 rings (SSSR count). The average molecular weight is 253 g/mol. The lowest BCUT2D eigenvalue weighted by atomic mass is 9.74. The van der Waals surface area contributed by atoms with Crippen LogP contribution < -0.4 is 5.32 Å². The predicted octanol–water partition coefficient (Wildman–Crippen LogP) is 4.86. The molecule has 0 radical (unpaired) electrons. The summed E-state index contributed by atoms with van der Waals surface area (Å²) in [5.41, 5.74) is 0. The summed E-state index contributed by atoms with van der Waals surface area (Å²) in [5.74, 6) is 3.69. The fourth-order valence-corrected chi connectivity index (χ4v) is 3.58. The number of hydrogen-bond acceptors (Lipinski definition) is 1. The van der Waals surface area contributed by atoms with E-state index in [0.29, 0.717) is 0 Å². The molecule has 1 heteroatoms. The van der Waals surface area contributed by atoms with Crippen molar-refractivity contribution in [1.82, 2.24) is 5.32 Å². The van der Waals surface area contributed by atoms with Gasteiger partial charge in [-0.3, -0.25) is 0 Å². The molecule has 0 aromatic carbocycles. The van der Waals surface area contributed by atoms with Crippen molar-refractivity contribution in [1.29, 1.82) is 0 Å². The van der Waals surface area contributed by atoms with Gasteiger partial charge in [0, 0.05) is 6.04 Å². The Morgan fingerprint density at radius 1 is 0.889 bits per heavy atom. The monoisotopic (exact) mass is 253 g/mol. The molecule has 0 heterocycles. The zero-order chi connectivity index (χ0) is 13.5. The third kappa shape index (κ3) is 5.30. The van der Waals surface area contributed by atoms with Gasteiger partial charge in [-0.1, -0.05) is 40.5 Å². The molecular formula is C17H35N. The van der Waals surface area contributed by atoms with Gasteiger partial charge >= 0.3 is 0 Å². The predicted molar refractivity (Wildman–Crippen MR) is 81.8 cm³/mol. The molecule has 0 spiro atoms. The second kappa shape index (κ2) is 8.19. The van der Waals surface area contributed by atoms with Crippen LogP contribution in [0, 0.1) is 23.7 Å². The van der Waals surface area contributed by atoms with E-state index in [1.807, 2.05) is 0 Å². The third-order valence-electron chi connectivity index (χ3n) is 5.00. The van der Waals surface area contributed by atoms with Crippen LogP contribution in [0.3, 0.4) is 0 Å². The van der Waals surface area contributed by atoms with E-state index in [9.17, 15) is 0 Å². The lowest BCUT2D eigenvalue weighted by Crippen LogP contribution is -2.36. The summed E-state index contributed by atoms with van der Waals surface area (Å²) in [7, 11) is 2.16. The lowest BCUT2D eigenvalue weighted by molar-refractivity contribution is 0.185. The first-order valence-electron chi connectivity index (χ1n) is 8.21. The molecule has 0 saturated heterocycles. The molecule has 1 nitrogen and oxygen atoms in total. The summed E-state index contributed by atoms with van der Waals surface area (Å²) < 4.78 is 0. The lowest BCUT2D eigenvalue weighted by Gasteiger charge is -2.35. The Hall–Kier alpha value is -0.0400. The molecule has 1 aliphatic rings. The topological polar surface area (TPSA) is 12.0 Å². The van der Waals surface area contributed by atoms with E-state index < -0.39 is 0 Å². The molecule has 0 bridgehead atoms. The van der Waals surface area contributed by atoms with Gasteiger partial charge < -0.3 is 5.32 Å². The minimum absolute atomic E-state index is 0.775. The van der Waals surface area contributed by atoms with Gasteiger partial charge in [-0.25, -0.2) is 0 Å². The normalized spacial score (nSPS) is 26.8. The average Bonchev–Trinajstić information content (AvgIpc) is 2.34. The Bertz CT molecular complexity index is 199. The van der Waals surface area contributed by atoms with Crippen molar-refractivity contribution in [2.45, 2.75) is 78.7 Å². The highest BCUT2D eigenvalue weighted by atomic mass is 14.9. The minimum Gasteiger partial charge on any atom is -0.317 e. The van der Waals surface area contributed by atoms with E-state index in [4.69, 9.17) is 0 Å². The highest BCUT2D eigenvalue weighted by molar-refractivity contribution is 4.82. The van der Waals surface area contributed by atoms with Crippen LogP contribution in [-0.4, -0.2) is 13.1 Å². The fraction of sp³-hybridized carbons (Fsp3) is 1.00. The van der Waals surface area contributed by atoms with Crippen LogP contribution in [0.4, 0.5) is 0 Å². The van der Waals surface area contributed by atoms with Crippen molar-refractivity contribution in [3.05, 3.63) is 0 Å². The van der Waals surface area contributed by atoms with Crippen molar-refractivity contribution in [2.24, 2.45) is 23.7 Å². The van der Waals surface area contributed by atoms with E-state index in [2.05, 4.69) is 40.1 Å². The number of rotatable bonds is 7. The Labute approximate surface area is 115 Å². The standard InChI is InChI=1S/C17H35N/c1-13(2)7-6-8-17(18-5)16-11-9-15(10-12-16)14(3)4/h13-18H,6-12H2,1-5H3. The molecule has 18 heavy (non-hydrogen) atoms. The molecule has 1 N–H and O–H groups in total. The van der Waals surface area contributed by atoms with E-state index >= 15 is 0 Å². The van der Waals surface area contributed by atoms with E-state index in [-0.39, 0.29) is 0 Å². The van der Waals surface area contributed by atoms with Crippen molar-refractivity contribution < 1.29 is 0 Å². The van der Waals surface area contributed by atoms with E-state index in [0.717, 1.165) is 29.7 Å². The first kappa shape index (κ1) is 16.0. The van der Waals surface area contributed by atoms with Crippen LogP contribution in [0.25, 0.3) is 0 Å². The van der Waals surface area contributed by atoms with Crippen molar-refractivity contribution in [3.8, 4) is 0 Å². The van der Waals surface area contributed by atoms with Crippen LogP contribution in [0.1, 0.15) is 72.6 Å². The molecular weight excluding hydrogens is 218 g/mol. The molecule has 1 aliphatic carbocycles. The molecule has 1 saturated carbocycles. The second-order valence-corrected chi connectivity index (χ2v) is 7.14. The molecule has 108 valence electrons. The van der Waals surface area contributed by atoms with Gasteiger partial charge in [0.1, 0.15) is 0 Å². The summed E-state index contributed by atoms with van der Waals surface area (Å²) in [6, 6.07) is 0.775. The fourth-order valence-electron chi connectivity index (χ4n) is 3.58. The van der Waals surface area contributed by atoms with Gasteiger partial charge in [0.25, 0.3) is 0 Å². The highest BCUT2D eigenvalue weighted by Gasteiger charge is 2.27. The highest BCUT2D eigenvalue weighted by Crippen LogP contribution is 2.35. The van der Waals surface area contributed by atoms with Gasteiger partial charge in [0.15, 0.2) is 0 Å². The molecule has 0 aliphatic heterocycles. The molecule has 1 unspecified atom stereocenters. The molecule has 0 amide bonds. The maximum absolute atomic E-state index is 3.59. The maximum atomic E-state index is 3.59. The Kier molecular flexibility index (Phi) is 7.29. The van der Waals surface area contributed by atoms with E-state index in [1.165, 1.54) is 44.9 Å². The van der Waals surface area contributed by atoms with Gasteiger partial charge in [-0.15, -0.1) is 0 Å². The Morgan fingerprint density at radius 3 is 1.89 bits per heavy atom. The van der Waals surface area contributed by atoms with Gasteiger partial charge in [0.2, 0.25) is 0 Å². The summed E-state index contributed by atoms with van der Waals surface area (Å²) in [6.07, 6.45) is 10.00. The smallest absolute Gasteiger partial charge is 0.00923 e. The number of nitrogens with one attached hydrogen (secondary N) is 1. The zero-order valence-electron chi connectivity index (χ0n) is 13.3. The first-order valence-corrected chi connectivity index (χ1v) is 8.21.